The van der Waals surface area contributed by atoms with Gasteiger partial charge in [-0.15, -0.1) is 0 Å². The predicted molar refractivity (Wildman–Crippen MR) is 51.5 cm³/mol. The number of rotatable bonds is 3. The number of pyridine rings is 1. The first-order chi connectivity index (χ1) is 6.25. The molecule has 0 radical (unpaired) electrons. The van der Waals surface area contributed by atoms with E-state index >= 15 is 0 Å². The molecule has 1 aromatic heterocycles. The monoisotopic (exact) mass is 178 g/mol. The van der Waals surface area contributed by atoms with Crippen LogP contribution < -0.4 is 5.32 Å². The minimum absolute atomic E-state index is 0.428. The van der Waals surface area contributed by atoms with Gasteiger partial charge in [0.2, 0.25) is 0 Å². The number of nitrogens with one attached hydrogen (secondary N) is 1. The number of aliphatic hydroxyl groups is 1. The summed E-state index contributed by atoms with van der Waals surface area (Å²) in [5.41, 5.74) is 0.862. The van der Waals surface area contributed by atoms with Crippen molar-refractivity contribution in [3.05, 3.63) is 23.9 Å². The van der Waals surface area contributed by atoms with Gasteiger partial charge in [-0.05, 0) is 31.4 Å². The topological polar surface area (TPSA) is 45.1 Å². The molecule has 2 rings (SSSR count). The zero-order valence-corrected chi connectivity index (χ0v) is 7.70. The van der Waals surface area contributed by atoms with Crippen molar-refractivity contribution < 1.29 is 5.11 Å². The highest BCUT2D eigenvalue weighted by atomic mass is 16.3. The molecule has 2 N–H and O–H groups in total. The van der Waals surface area contributed by atoms with Gasteiger partial charge in [0.05, 0.1) is 6.10 Å². The van der Waals surface area contributed by atoms with Crippen molar-refractivity contribution in [2.45, 2.75) is 31.9 Å². The molecule has 1 atom stereocenters. The summed E-state index contributed by atoms with van der Waals surface area (Å²) < 4.78 is 0. The van der Waals surface area contributed by atoms with Crippen molar-refractivity contribution in [3.8, 4) is 0 Å². The van der Waals surface area contributed by atoms with E-state index in [9.17, 15) is 5.11 Å². The van der Waals surface area contributed by atoms with Crippen LogP contribution in [0.4, 0.5) is 5.82 Å². The molecule has 1 aliphatic rings. The molecule has 13 heavy (non-hydrogen) atoms. The summed E-state index contributed by atoms with van der Waals surface area (Å²) in [6, 6.07) is 4.45. The van der Waals surface area contributed by atoms with E-state index in [2.05, 4.69) is 10.3 Å². The molecule has 1 saturated carbocycles. The molecule has 0 bridgehead atoms. The summed E-state index contributed by atoms with van der Waals surface area (Å²) in [5.74, 6) is 0.909. The Balaban J connectivity index is 2.04. The Labute approximate surface area is 77.8 Å². The van der Waals surface area contributed by atoms with Crippen LogP contribution in [0.2, 0.25) is 0 Å². The number of nitrogens with zero attached hydrogens (tertiary/aromatic N) is 1. The maximum Gasteiger partial charge on any atom is 0.126 e. The Morgan fingerprint density at radius 3 is 2.77 bits per heavy atom. The van der Waals surface area contributed by atoms with Gasteiger partial charge < -0.3 is 10.4 Å². The van der Waals surface area contributed by atoms with E-state index in [1.807, 2.05) is 12.1 Å². The molecule has 1 aromatic rings. The molecule has 1 aliphatic carbocycles. The van der Waals surface area contributed by atoms with Gasteiger partial charge >= 0.3 is 0 Å². The van der Waals surface area contributed by atoms with E-state index in [0.717, 1.165) is 11.4 Å². The summed E-state index contributed by atoms with van der Waals surface area (Å²) in [4.78, 5) is 4.21. The zero-order chi connectivity index (χ0) is 9.26. The van der Waals surface area contributed by atoms with Crippen molar-refractivity contribution in [2.24, 2.45) is 0 Å². The van der Waals surface area contributed by atoms with E-state index in [-0.39, 0.29) is 0 Å². The lowest BCUT2D eigenvalue weighted by Gasteiger charge is -2.06. The van der Waals surface area contributed by atoms with Crippen LogP contribution in [0.15, 0.2) is 18.3 Å². The quantitative estimate of drug-likeness (QED) is 0.740. The molecule has 0 amide bonds. The summed E-state index contributed by atoms with van der Waals surface area (Å²) in [5, 5.41) is 12.5. The summed E-state index contributed by atoms with van der Waals surface area (Å²) in [6.07, 6.45) is 3.79. The van der Waals surface area contributed by atoms with Crippen LogP contribution in [0.3, 0.4) is 0 Å². The van der Waals surface area contributed by atoms with E-state index in [4.69, 9.17) is 0 Å². The average molecular weight is 178 g/mol. The van der Waals surface area contributed by atoms with Crippen molar-refractivity contribution in [1.82, 2.24) is 4.98 Å². The Kier molecular flexibility index (Phi) is 2.19. The third kappa shape index (κ3) is 2.18. The molecule has 0 unspecified atom stereocenters. The minimum Gasteiger partial charge on any atom is -0.389 e. The molecule has 3 nitrogen and oxygen atoms in total. The first-order valence-electron chi connectivity index (χ1n) is 4.66. The first-order valence-corrected chi connectivity index (χ1v) is 4.66. The SMILES string of the molecule is C[C@@H](O)c1ccc(NC2CC2)nc1. The second kappa shape index (κ2) is 3.34. The summed E-state index contributed by atoms with van der Waals surface area (Å²) in [7, 11) is 0. The second-order valence-electron chi connectivity index (χ2n) is 3.57. The molecule has 1 heterocycles. The highest BCUT2D eigenvalue weighted by Gasteiger charge is 2.20. The minimum atomic E-state index is -0.428. The molecule has 3 heteroatoms. The normalized spacial score (nSPS) is 18.3. The van der Waals surface area contributed by atoms with Gasteiger partial charge in [-0.3, -0.25) is 0 Å². The van der Waals surface area contributed by atoms with Gasteiger partial charge in [0.15, 0.2) is 0 Å². The molecule has 1 fully saturated rings. The second-order valence-corrected chi connectivity index (χ2v) is 3.57. The van der Waals surface area contributed by atoms with E-state index < -0.39 is 6.10 Å². The van der Waals surface area contributed by atoms with E-state index in [1.54, 1.807) is 13.1 Å². The third-order valence-electron chi connectivity index (χ3n) is 2.20. The zero-order valence-electron chi connectivity index (χ0n) is 7.70. The van der Waals surface area contributed by atoms with E-state index in [0.29, 0.717) is 6.04 Å². The standard InChI is InChI=1S/C10H14N2O/c1-7(13)8-2-5-10(11-6-8)12-9-3-4-9/h2,5-7,9,13H,3-4H2,1H3,(H,11,12)/t7-/m1/s1. The summed E-state index contributed by atoms with van der Waals surface area (Å²) >= 11 is 0. The van der Waals surface area contributed by atoms with Crippen LogP contribution in [-0.4, -0.2) is 16.1 Å². The number of anilines is 1. The van der Waals surface area contributed by atoms with Crippen LogP contribution in [0.1, 0.15) is 31.4 Å². The fourth-order valence-electron chi connectivity index (χ4n) is 1.17. The Hall–Kier alpha value is -1.09. The predicted octanol–water partition coefficient (Wildman–Crippen LogP) is 1.71. The Morgan fingerprint density at radius 2 is 2.31 bits per heavy atom. The lowest BCUT2D eigenvalue weighted by molar-refractivity contribution is 0.199. The molecular formula is C10H14N2O. The fourth-order valence-corrected chi connectivity index (χ4v) is 1.17. The first kappa shape index (κ1) is 8.51. The van der Waals surface area contributed by atoms with Crippen LogP contribution >= 0.6 is 0 Å². The van der Waals surface area contributed by atoms with Crippen molar-refractivity contribution >= 4 is 5.82 Å². The number of hydrogen-bond donors (Lipinski definition) is 2. The summed E-state index contributed by atoms with van der Waals surface area (Å²) in [6.45, 7) is 1.74. The Morgan fingerprint density at radius 1 is 1.54 bits per heavy atom. The molecule has 0 spiro atoms. The highest BCUT2D eigenvalue weighted by molar-refractivity contribution is 5.38. The average Bonchev–Trinajstić information content (AvgIpc) is 2.89. The van der Waals surface area contributed by atoms with Gasteiger partial charge in [-0.1, -0.05) is 6.07 Å². The lowest BCUT2D eigenvalue weighted by Crippen LogP contribution is -2.03. The maximum atomic E-state index is 9.25. The van der Waals surface area contributed by atoms with E-state index in [1.165, 1.54) is 12.8 Å². The lowest BCUT2D eigenvalue weighted by atomic mass is 10.2. The van der Waals surface area contributed by atoms with Crippen molar-refractivity contribution in [2.75, 3.05) is 5.32 Å². The Bertz CT molecular complexity index is 277. The van der Waals surface area contributed by atoms with Crippen molar-refractivity contribution in [1.29, 1.82) is 0 Å². The molecule has 0 saturated heterocycles. The van der Waals surface area contributed by atoms with Gasteiger partial charge in [0, 0.05) is 12.2 Å². The maximum absolute atomic E-state index is 9.25. The number of aliphatic hydroxyl groups excluding tert-OH is 1. The number of hydrogen-bond acceptors (Lipinski definition) is 3. The smallest absolute Gasteiger partial charge is 0.126 e. The van der Waals surface area contributed by atoms with Crippen molar-refractivity contribution in [3.63, 3.8) is 0 Å². The van der Waals surface area contributed by atoms with Crippen LogP contribution in [-0.2, 0) is 0 Å². The van der Waals surface area contributed by atoms with Gasteiger partial charge in [-0.2, -0.15) is 0 Å². The van der Waals surface area contributed by atoms with Gasteiger partial charge in [0.1, 0.15) is 5.82 Å². The third-order valence-corrected chi connectivity index (χ3v) is 2.20. The van der Waals surface area contributed by atoms with Crippen LogP contribution in [0.5, 0.6) is 0 Å². The van der Waals surface area contributed by atoms with Crippen LogP contribution in [0.25, 0.3) is 0 Å². The molecular weight excluding hydrogens is 164 g/mol. The molecule has 0 aliphatic heterocycles. The fraction of sp³-hybridized carbons (Fsp3) is 0.500. The van der Waals surface area contributed by atoms with Gasteiger partial charge in [-0.25, -0.2) is 4.98 Å². The molecule has 70 valence electrons. The van der Waals surface area contributed by atoms with Crippen LogP contribution in [0, 0.1) is 0 Å². The molecule has 0 aromatic carbocycles. The highest BCUT2D eigenvalue weighted by Crippen LogP contribution is 2.23. The van der Waals surface area contributed by atoms with Gasteiger partial charge in [0.25, 0.3) is 0 Å². The largest absolute Gasteiger partial charge is 0.389 e. The number of aromatic nitrogens is 1.